The predicted molar refractivity (Wildman–Crippen MR) is 103 cm³/mol. The minimum atomic E-state index is 0.0920. The van der Waals surface area contributed by atoms with Crippen LogP contribution in [0.25, 0.3) is 11.4 Å². The predicted octanol–water partition coefficient (Wildman–Crippen LogP) is 4.40. The van der Waals surface area contributed by atoms with Crippen LogP contribution >= 0.6 is 0 Å². The van der Waals surface area contributed by atoms with Gasteiger partial charge < -0.3 is 9.88 Å². The van der Waals surface area contributed by atoms with Gasteiger partial charge in [-0.25, -0.2) is 4.98 Å². The third-order valence-electron chi connectivity index (χ3n) is 5.13. The Morgan fingerprint density at radius 1 is 1.19 bits per heavy atom. The molecule has 0 bridgehead atoms. The molecule has 0 radical (unpaired) electrons. The number of aryl methyl sites for hydroxylation is 1. The largest absolute Gasteiger partial charge is 0.345 e. The topological polar surface area (TPSA) is 49.0 Å². The zero-order valence-corrected chi connectivity index (χ0v) is 15.0. The Morgan fingerprint density at radius 3 is 2.88 bits per heavy atom. The maximum Gasteiger partial charge on any atom is 0.254 e. The van der Waals surface area contributed by atoms with Gasteiger partial charge >= 0.3 is 0 Å². The lowest BCUT2D eigenvalue weighted by atomic mass is 9.89. The summed E-state index contributed by atoms with van der Waals surface area (Å²) in [4.78, 5) is 22.7. The van der Waals surface area contributed by atoms with E-state index in [0.29, 0.717) is 11.5 Å². The van der Waals surface area contributed by atoms with Crippen LogP contribution in [-0.2, 0) is 0 Å². The van der Waals surface area contributed by atoms with Crippen molar-refractivity contribution in [3.05, 3.63) is 77.6 Å². The summed E-state index contributed by atoms with van der Waals surface area (Å²) in [6.07, 6.45) is 5.66. The molecule has 132 valence electrons. The van der Waals surface area contributed by atoms with Gasteiger partial charge in [-0.05, 0) is 31.4 Å². The first kappa shape index (κ1) is 16.6. The van der Waals surface area contributed by atoms with Gasteiger partial charge in [-0.2, -0.15) is 0 Å². The summed E-state index contributed by atoms with van der Waals surface area (Å²) in [6.45, 7) is 3.71. The zero-order valence-electron chi connectivity index (χ0n) is 15.0. The van der Waals surface area contributed by atoms with Gasteiger partial charge in [0.15, 0.2) is 0 Å². The number of carbonyl (C=O) groups excluding carboxylic acids is 1. The maximum atomic E-state index is 13.2. The van der Waals surface area contributed by atoms with E-state index in [0.717, 1.165) is 37.3 Å². The normalized spacial score (nSPS) is 17.3. The second kappa shape index (κ2) is 7.16. The minimum absolute atomic E-state index is 0.0920. The molecule has 1 unspecified atom stereocenters. The van der Waals surface area contributed by atoms with Gasteiger partial charge in [0.25, 0.3) is 5.91 Å². The summed E-state index contributed by atoms with van der Waals surface area (Å²) >= 11 is 0. The highest BCUT2D eigenvalue weighted by Crippen LogP contribution is 2.29. The fourth-order valence-electron chi connectivity index (χ4n) is 3.82. The van der Waals surface area contributed by atoms with Gasteiger partial charge in [0, 0.05) is 37.0 Å². The van der Waals surface area contributed by atoms with Crippen LogP contribution in [0.15, 0.2) is 60.9 Å². The number of rotatable bonds is 3. The van der Waals surface area contributed by atoms with Crippen LogP contribution < -0.4 is 0 Å². The monoisotopic (exact) mass is 345 g/mol. The van der Waals surface area contributed by atoms with Gasteiger partial charge in [-0.1, -0.05) is 48.0 Å². The zero-order chi connectivity index (χ0) is 17.9. The standard InChI is InChI=1S/C22H23N3O/c1-16-6-4-7-17(14-16)18-8-5-13-25(15-18)22(26)20-10-3-2-9-19(20)21-23-11-12-24-21/h2-4,6-7,9-12,14,18H,5,8,13,15H2,1H3,(H,23,24). The Morgan fingerprint density at radius 2 is 2.08 bits per heavy atom. The van der Waals surface area contributed by atoms with Crippen LogP contribution in [0.5, 0.6) is 0 Å². The lowest BCUT2D eigenvalue weighted by Gasteiger charge is -2.33. The number of nitrogens with zero attached hydrogens (tertiary/aromatic N) is 2. The third-order valence-corrected chi connectivity index (χ3v) is 5.13. The summed E-state index contributed by atoms with van der Waals surface area (Å²) in [5.41, 5.74) is 4.18. The number of hydrogen-bond donors (Lipinski definition) is 1. The van der Waals surface area contributed by atoms with Crippen molar-refractivity contribution in [3.8, 4) is 11.4 Å². The molecule has 2 heterocycles. The number of nitrogens with one attached hydrogen (secondary N) is 1. The summed E-state index contributed by atoms with van der Waals surface area (Å²) in [5, 5.41) is 0. The lowest BCUT2D eigenvalue weighted by Crippen LogP contribution is -2.39. The summed E-state index contributed by atoms with van der Waals surface area (Å²) in [7, 11) is 0. The molecule has 1 fully saturated rings. The molecule has 0 aliphatic carbocycles. The number of benzene rings is 2. The van der Waals surface area contributed by atoms with Crippen molar-refractivity contribution < 1.29 is 4.79 Å². The highest BCUT2D eigenvalue weighted by atomic mass is 16.2. The first-order chi connectivity index (χ1) is 12.7. The van der Waals surface area contributed by atoms with Crippen molar-refractivity contribution >= 4 is 5.91 Å². The number of aromatic amines is 1. The summed E-state index contributed by atoms with van der Waals surface area (Å²) in [5.74, 6) is 1.24. The Hall–Kier alpha value is -2.88. The summed E-state index contributed by atoms with van der Waals surface area (Å²) < 4.78 is 0. The van der Waals surface area contributed by atoms with Crippen molar-refractivity contribution in [1.29, 1.82) is 0 Å². The van der Waals surface area contributed by atoms with E-state index in [2.05, 4.69) is 41.2 Å². The molecular weight excluding hydrogens is 322 g/mol. The Kier molecular flexibility index (Phi) is 4.57. The highest BCUT2D eigenvalue weighted by Gasteiger charge is 2.27. The molecular formula is C22H23N3O. The number of amides is 1. The molecule has 1 saturated heterocycles. The lowest BCUT2D eigenvalue weighted by molar-refractivity contribution is 0.0708. The number of aromatic nitrogens is 2. The number of piperidine rings is 1. The molecule has 1 aromatic heterocycles. The Bertz CT molecular complexity index is 901. The van der Waals surface area contributed by atoms with Crippen LogP contribution in [0, 0.1) is 6.92 Å². The van der Waals surface area contributed by atoms with Gasteiger partial charge in [-0.3, -0.25) is 4.79 Å². The van der Waals surface area contributed by atoms with Crippen LogP contribution in [0.2, 0.25) is 0 Å². The average Bonchev–Trinajstić information content (AvgIpc) is 3.22. The first-order valence-electron chi connectivity index (χ1n) is 9.17. The molecule has 4 heteroatoms. The maximum absolute atomic E-state index is 13.2. The SMILES string of the molecule is Cc1cccc(C2CCCN(C(=O)c3ccccc3-c3ncc[nH]3)C2)c1. The van der Waals surface area contributed by atoms with Crippen LogP contribution in [0.3, 0.4) is 0 Å². The number of likely N-dealkylation sites (tertiary alicyclic amines) is 1. The van der Waals surface area contributed by atoms with Crippen LogP contribution in [0.4, 0.5) is 0 Å². The van der Waals surface area contributed by atoms with E-state index in [1.807, 2.05) is 29.2 Å². The van der Waals surface area contributed by atoms with Crippen molar-refractivity contribution in [2.45, 2.75) is 25.7 Å². The molecule has 1 aliphatic rings. The van der Waals surface area contributed by atoms with Crippen molar-refractivity contribution in [1.82, 2.24) is 14.9 Å². The van der Waals surface area contributed by atoms with Gasteiger partial charge in [0.1, 0.15) is 5.82 Å². The number of H-pyrrole nitrogens is 1. The van der Waals surface area contributed by atoms with E-state index in [1.165, 1.54) is 11.1 Å². The average molecular weight is 345 g/mol. The van der Waals surface area contributed by atoms with Crippen LogP contribution in [0.1, 0.15) is 40.2 Å². The number of imidazole rings is 1. The second-order valence-corrected chi connectivity index (χ2v) is 6.99. The van der Waals surface area contributed by atoms with Crippen molar-refractivity contribution in [2.75, 3.05) is 13.1 Å². The van der Waals surface area contributed by atoms with Crippen molar-refractivity contribution in [2.24, 2.45) is 0 Å². The van der Waals surface area contributed by atoms with Crippen molar-refractivity contribution in [3.63, 3.8) is 0 Å². The molecule has 1 N–H and O–H groups in total. The number of carbonyl (C=O) groups is 1. The molecule has 1 atom stereocenters. The molecule has 4 nitrogen and oxygen atoms in total. The number of hydrogen-bond acceptors (Lipinski definition) is 2. The fraction of sp³-hybridized carbons (Fsp3) is 0.273. The van der Waals surface area contributed by atoms with E-state index in [-0.39, 0.29) is 5.91 Å². The van der Waals surface area contributed by atoms with E-state index < -0.39 is 0 Å². The first-order valence-corrected chi connectivity index (χ1v) is 9.17. The summed E-state index contributed by atoms with van der Waals surface area (Å²) in [6, 6.07) is 16.4. The molecule has 26 heavy (non-hydrogen) atoms. The minimum Gasteiger partial charge on any atom is -0.345 e. The molecule has 1 amide bonds. The van der Waals surface area contributed by atoms with E-state index in [9.17, 15) is 4.79 Å². The molecule has 1 aliphatic heterocycles. The molecule has 3 aromatic rings. The smallest absolute Gasteiger partial charge is 0.254 e. The van der Waals surface area contributed by atoms with E-state index in [1.54, 1.807) is 12.4 Å². The Balaban J connectivity index is 1.59. The highest BCUT2D eigenvalue weighted by molar-refractivity contribution is 6.00. The quantitative estimate of drug-likeness (QED) is 0.764. The van der Waals surface area contributed by atoms with Gasteiger partial charge in [-0.15, -0.1) is 0 Å². The molecule has 4 rings (SSSR count). The van der Waals surface area contributed by atoms with E-state index >= 15 is 0 Å². The second-order valence-electron chi connectivity index (χ2n) is 6.99. The third kappa shape index (κ3) is 3.27. The van der Waals surface area contributed by atoms with E-state index in [4.69, 9.17) is 0 Å². The molecule has 2 aromatic carbocycles. The Labute approximate surface area is 153 Å². The molecule has 0 saturated carbocycles. The fourth-order valence-corrected chi connectivity index (χ4v) is 3.82. The molecule has 0 spiro atoms. The van der Waals surface area contributed by atoms with Gasteiger partial charge in [0.2, 0.25) is 0 Å². The van der Waals surface area contributed by atoms with Crippen LogP contribution in [-0.4, -0.2) is 33.9 Å². The van der Waals surface area contributed by atoms with Gasteiger partial charge in [0.05, 0.1) is 5.56 Å².